The lowest BCUT2D eigenvalue weighted by Gasteiger charge is -2.34. The van der Waals surface area contributed by atoms with Gasteiger partial charge in [0, 0.05) is 49.0 Å². The topological polar surface area (TPSA) is 119 Å². The van der Waals surface area contributed by atoms with Crippen LogP contribution in [0.1, 0.15) is 38.3 Å². The predicted molar refractivity (Wildman–Crippen MR) is 141 cm³/mol. The van der Waals surface area contributed by atoms with Crippen LogP contribution in [0.5, 0.6) is 0 Å². The monoisotopic (exact) mass is 595 g/mol. The number of aliphatic hydroxyl groups is 1. The molecular formula is C26H27F6N9O. The van der Waals surface area contributed by atoms with Gasteiger partial charge in [-0.3, -0.25) is 9.36 Å². The zero-order chi connectivity index (χ0) is 30.3. The second-order valence-electron chi connectivity index (χ2n) is 10.5. The third kappa shape index (κ3) is 6.98. The minimum absolute atomic E-state index is 0.0519. The van der Waals surface area contributed by atoms with Crippen LogP contribution in [0, 0.1) is 0 Å². The Morgan fingerprint density at radius 1 is 1.05 bits per heavy atom. The van der Waals surface area contributed by atoms with Crippen LogP contribution in [-0.2, 0) is 19.8 Å². The van der Waals surface area contributed by atoms with E-state index in [1.165, 1.54) is 37.9 Å². The number of hydrogen-bond donors (Lipinski definition) is 3. The van der Waals surface area contributed by atoms with Gasteiger partial charge < -0.3 is 15.7 Å². The Kier molecular flexibility index (Phi) is 7.59. The van der Waals surface area contributed by atoms with Crippen molar-refractivity contribution in [3.05, 3.63) is 48.7 Å². The maximum atomic E-state index is 13.5. The summed E-state index contributed by atoms with van der Waals surface area (Å²) < 4.78 is 80.0. The summed E-state index contributed by atoms with van der Waals surface area (Å²) in [5, 5.41) is 24.5. The summed E-state index contributed by atoms with van der Waals surface area (Å²) in [6.07, 6.45) is -1.40. The summed E-state index contributed by atoms with van der Waals surface area (Å²) in [5.74, 6) is 0.708. The molecule has 4 heterocycles. The van der Waals surface area contributed by atoms with Crippen molar-refractivity contribution in [1.29, 1.82) is 0 Å². The average molecular weight is 596 g/mol. The number of aromatic nitrogens is 7. The zero-order valence-corrected chi connectivity index (χ0v) is 22.5. The molecule has 1 aliphatic carbocycles. The Bertz CT molecular complexity index is 1550. The molecule has 0 aliphatic heterocycles. The lowest BCUT2D eigenvalue weighted by Crippen LogP contribution is -2.35. The van der Waals surface area contributed by atoms with E-state index in [1.807, 2.05) is 0 Å². The lowest BCUT2D eigenvalue weighted by atomic mass is 9.83. The standard InChI is InChI=1S/C26H27F6N9O/c1-24(42)6-3-16(4-7-24)36-18-10-22(34-12-17(18)19-9-20(26(30,31)32)40(2)39-19)37-21-5-8-33-23(38-21)15-11-35-41(13-15)14-25(27,28)29/h5,8-13,16,42H,3-4,6-7,14H2,1-2H3,(H2,33,34,36,37,38). The number of anilines is 3. The van der Waals surface area contributed by atoms with Gasteiger partial charge in [-0.2, -0.15) is 36.5 Å². The fourth-order valence-corrected chi connectivity index (χ4v) is 4.76. The van der Waals surface area contributed by atoms with Gasteiger partial charge in [-0.1, -0.05) is 0 Å². The molecule has 0 radical (unpaired) electrons. The molecule has 0 spiro atoms. The van der Waals surface area contributed by atoms with Gasteiger partial charge in [-0.25, -0.2) is 15.0 Å². The van der Waals surface area contributed by atoms with Crippen molar-refractivity contribution in [3.8, 4) is 22.6 Å². The Hall–Kier alpha value is -4.21. The molecule has 0 atom stereocenters. The first-order chi connectivity index (χ1) is 19.6. The van der Waals surface area contributed by atoms with Crippen LogP contribution >= 0.6 is 0 Å². The molecule has 1 fully saturated rings. The average Bonchev–Trinajstić information content (AvgIpc) is 3.51. The molecule has 42 heavy (non-hydrogen) atoms. The number of alkyl halides is 6. The molecule has 0 bridgehead atoms. The van der Waals surface area contributed by atoms with E-state index < -0.39 is 30.2 Å². The van der Waals surface area contributed by atoms with Gasteiger partial charge >= 0.3 is 12.4 Å². The molecule has 0 saturated heterocycles. The summed E-state index contributed by atoms with van der Waals surface area (Å²) in [6, 6.07) is 4.05. The van der Waals surface area contributed by atoms with Crippen molar-refractivity contribution in [1.82, 2.24) is 34.5 Å². The quantitative estimate of drug-likeness (QED) is 0.238. The normalized spacial score (nSPS) is 19.6. The Morgan fingerprint density at radius 3 is 2.45 bits per heavy atom. The van der Waals surface area contributed by atoms with Crippen molar-refractivity contribution in [2.45, 2.75) is 63.1 Å². The minimum Gasteiger partial charge on any atom is -0.390 e. The van der Waals surface area contributed by atoms with E-state index >= 15 is 0 Å². The van der Waals surface area contributed by atoms with E-state index in [9.17, 15) is 31.4 Å². The summed E-state index contributed by atoms with van der Waals surface area (Å²) >= 11 is 0. The molecular weight excluding hydrogens is 568 g/mol. The molecule has 4 aromatic heterocycles. The van der Waals surface area contributed by atoms with Gasteiger partial charge in [0.25, 0.3) is 0 Å². The first-order valence-electron chi connectivity index (χ1n) is 13.0. The largest absolute Gasteiger partial charge is 0.433 e. The third-order valence-corrected chi connectivity index (χ3v) is 6.92. The highest BCUT2D eigenvalue weighted by molar-refractivity contribution is 5.78. The second kappa shape index (κ2) is 10.9. The third-order valence-electron chi connectivity index (χ3n) is 6.92. The van der Waals surface area contributed by atoms with Crippen molar-refractivity contribution in [3.63, 3.8) is 0 Å². The molecule has 4 aromatic rings. The Labute approximate surface area is 235 Å². The predicted octanol–water partition coefficient (Wildman–Crippen LogP) is 5.57. The highest BCUT2D eigenvalue weighted by Crippen LogP contribution is 2.37. The first kappa shape index (κ1) is 29.3. The van der Waals surface area contributed by atoms with Gasteiger partial charge in [0.2, 0.25) is 0 Å². The molecule has 16 heteroatoms. The van der Waals surface area contributed by atoms with Crippen LogP contribution in [0.2, 0.25) is 0 Å². The minimum atomic E-state index is -4.59. The molecule has 3 N–H and O–H groups in total. The maximum absolute atomic E-state index is 13.5. The van der Waals surface area contributed by atoms with E-state index in [4.69, 9.17) is 0 Å². The summed E-state index contributed by atoms with van der Waals surface area (Å²) in [6.45, 7) is 0.517. The van der Waals surface area contributed by atoms with E-state index in [0.29, 0.717) is 42.8 Å². The molecule has 5 rings (SSSR count). The van der Waals surface area contributed by atoms with Crippen LogP contribution in [0.4, 0.5) is 43.7 Å². The molecule has 0 unspecified atom stereocenters. The van der Waals surface area contributed by atoms with Crippen LogP contribution < -0.4 is 10.6 Å². The van der Waals surface area contributed by atoms with Crippen molar-refractivity contribution in [2.75, 3.05) is 10.6 Å². The number of halogens is 6. The van der Waals surface area contributed by atoms with Gasteiger partial charge in [0.1, 0.15) is 23.9 Å². The van der Waals surface area contributed by atoms with E-state index in [2.05, 4.69) is 35.8 Å². The second-order valence-corrected chi connectivity index (χ2v) is 10.5. The SMILES string of the molecule is Cn1nc(-c2cnc(Nc3ccnc(-c4cnn(CC(F)(F)F)c4)n3)cc2NC2CCC(C)(O)CC2)cc1C(F)(F)F. The highest BCUT2D eigenvalue weighted by atomic mass is 19.4. The number of pyridine rings is 1. The molecule has 1 aliphatic rings. The highest BCUT2D eigenvalue weighted by Gasteiger charge is 2.36. The number of hydrogen-bond acceptors (Lipinski definition) is 8. The smallest absolute Gasteiger partial charge is 0.390 e. The van der Waals surface area contributed by atoms with E-state index in [-0.39, 0.29) is 28.9 Å². The Balaban J connectivity index is 1.43. The first-order valence-corrected chi connectivity index (χ1v) is 13.0. The molecule has 1 saturated carbocycles. The molecule has 0 amide bonds. The number of rotatable bonds is 7. The molecule has 0 aromatic carbocycles. The van der Waals surface area contributed by atoms with Crippen LogP contribution in [0.15, 0.2) is 43.0 Å². The fraction of sp³-hybridized carbons (Fsp3) is 0.423. The van der Waals surface area contributed by atoms with Crippen LogP contribution in [-0.4, -0.2) is 57.4 Å². The number of nitrogens with zero attached hydrogens (tertiary/aromatic N) is 7. The van der Waals surface area contributed by atoms with E-state index in [0.717, 1.165) is 15.4 Å². The van der Waals surface area contributed by atoms with Crippen LogP contribution in [0.3, 0.4) is 0 Å². The zero-order valence-electron chi connectivity index (χ0n) is 22.5. The maximum Gasteiger partial charge on any atom is 0.433 e. The van der Waals surface area contributed by atoms with Gasteiger partial charge in [0.15, 0.2) is 5.82 Å². The number of aryl methyl sites for hydroxylation is 1. The van der Waals surface area contributed by atoms with Gasteiger partial charge in [0.05, 0.1) is 23.1 Å². The van der Waals surface area contributed by atoms with Crippen molar-refractivity contribution < 1.29 is 31.4 Å². The van der Waals surface area contributed by atoms with E-state index in [1.54, 1.807) is 13.0 Å². The van der Waals surface area contributed by atoms with Gasteiger partial charge in [-0.15, -0.1) is 0 Å². The Morgan fingerprint density at radius 2 is 1.79 bits per heavy atom. The van der Waals surface area contributed by atoms with Crippen LogP contribution in [0.25, 0.3) is 22.6 Å². The summed E-state index contributed by atoms with van der Waals surface area (Å²) in [7, 11) is 1.21. The fourth-order valence-electron chi connectivity index (χ4n) is 4.76. The van der Waals surface area contributed by atoms with Crippen molar-refractivity contribution in [2.24, 2.45) is 7.05 Å². The number of nitrogens with one attached hydrogen (secondary N) is 2. The van der Waals surface area contributed by atoms with Crippen molar-refractivity contribution >= 4 is 17.3 Å². The molecule has 10 nitrogen and oxygen atoms in total. The molecule has 224 valence electrons. The lowest BCUT2D eigenvalue weighted by molar-refractivity contribution is -0.144. The summed E-state index contributed by atoms with van der Waals surface area (Å²) in [4.78, 5) is 12.8. The van der Waals surface area contributed by atoms with Gasteiger partial charge in [-0.05, 0) is 44.7 Å². The summed E-state index contributed by atoms with van der Waals surface area (Å²) in [5.41, 5.74) is -0.501.